The van der Waals surface area contributed by atoms with Crippen LogP contribution in [0.4, 0.5) is 4.39 Å². The second-order valence-electron chi connectivity index (χ2n) is 4.23. The molecule has 1 aromatic heterocycles. The van der Waals surface area contributed by atoms with Gasteiger partial charge in [0.15, 0.2) is 0 Å². The van der Waals surface area contributed by atoms with Gasteiger partial charge in [0.25, 0.3) is 0 Å². The van der Waals surface area contributed by atoms with Crippen LogP contribution >= 0.6 is 0 Å². The third kappa shape index (κ3) is 4.13. The Labute approximate surface area is 117 Å². The van der Waals surface area contributed by atoms with Crippen molar-refractivity contribution in [2.24, 2.45) is 5.10 Å². The van der Waals surface area contributed by atoms with Crippen LogP contribution in [0, 0.1) is 5.82 Å². The van der Waals surface area contributed by atoms with Crippen molar-refractivity contribution in [3.63, 3.8) is 0 Å². The summed E-state index contributed by atoms with van der Waals surface area (Å²) in [4.78, 5) is 3.97. The van der Waals surface area contributed by atoms with Gasteiger partial charge in [0.05, 0.1) is 18.9 Å². The highest BCUT2D eigenvalue weighted by molar-refractivity contribution is 6.01. The van der Waals surface area contributed by atoms with Crippen molar-refractivity contribution in [2.45, 2.75) is 6.42 Å². The van der Waals surface area contributed by atoms with Crippen LogP contribution in [0.3, 0.4) is 0 Å². The molecule has 1 heterocycles. The Morgan fingerprint density at radius 1 is 1.15 bits per heavy atom. The summed E-state index contributed by atoms with van der Waals surface area (Å²) >= 11 is 0. The van der Waals surface area contributed by atoms with Crippen LogP contribution in [0.25, 0.3) is 0 Å². The molecule has 5 heteroatoms. The minimum atomic E-state index is -0.277. The lowest BCUT2D eigenvalue weighted by Gasteiger charge is -2.08. The van der Waals surface area contributed by atoms with Gasteiger partial charge in [0.1, 0.15) is 5.82 Å². The first-order chi connectivity index (χ1) is 9.79. The molecule has 0 aliphatic rings. The third-order valence-electron chi connectivity index (χ3n) is 2.74. The molecule has 0 fully saturated rings. The molecule has 2 rings (SSSR count). The summed E-state index contributed by atoms with van der Waals surface area (Å²) in [7, 11) is 0. The maximum Gasteiger partial charge on any atom is 0.123 e. The van der Waals surface area contributed by atoms with E-state index < -0.39 is 0 Å². The number of aromatic nitrogens is 1. The molecule has 20 heavy (non-hydrogen) atoms. The summed E-state index contributed by atoms with van der Waals surface area (Å²) in [5.41, 5.74) is 5.48. The SMILES string of the molecule is OCCNN=C(Cc1ccncc1)c1ccc(F)cc1. The van der Waals surface area contributed by atoms with Crippen molar-refractivity contribution in [1.29, 1.82) is 0 Å². The average Bonchev–Trinajstić information content (AvgIpc) is 2.48. The molecule has 0 radical (unpaired) electrons. The maximum absolute atomic E-state index is 13.0. The number of nitrogens with zero attached hydrogens (tertiary/aromatic N) is 2. The lowest BCUT2D eigenvalue weighted by Crippen LogP contribution is -2.16. The van der Waals surface area contributed by atoms with Gasteiger partial charge in [0.2, 0.25) is 0 Å². The second kappa shape index (κ2) is 7.35. The Bertz CT molecular complexity index is 555. The van der Waals surface area contributed by atoms with Crippen molar-refractivity contribution >= 4 is 5.71 Å². The molecule has 4 nitrogen and oxygen atoms in total. The molecule has 0 saturated carbocycles. The number of hydrazone groups is 1. The van der Waals surface area contributed by atoms with Crippen molar-refractivity contribution in [3.05, 3.63) is 65.7 Å². The minimum absolute atomic E-state index is 0.00938. The Kier molecular flexibility index (Phi) is 5.20. The highest BCUT2D eigenvalue weighted by Crippen LogP contribution is 2.09. The van der Waals surface area contributed by atoms with Crippen LogP contribution in [0.2, 0.25) is 0 Å². The molecule has 0 saturated heterocycles. The molecule has 0 aliphatic heterocycles. The zero-order valence-electron chi connectivity index (χ0n) is 11.0. The van der Waals surface area contributed by atoms with Crippen LogP contribution in [0.15, 0.2) is 53.9 Å². The summed E-state index contributed by atoms with van der Waals surface area (Å²) < 4.78 is 13.0. The van der Waals surface area contributed by atoms with E-state index in [0.717, 1.165) is 16.8 Å². The first-order valence-corrected chi connectivity index (χ1v) is 6.34. The van der Waals surface area contributed by atoms with Gasteiger partial charge in [0, 0.05) is 18.8 Å². The smallest absolute Gasteiger partial charge is 0.123 e. The summed E-state index contributed by atoms with van der Waals surface area (Å²) in [5.74, 6) is -0.277. The van der Waals surface area contributed by atoms with Crippen LogP contribution in [0.5, 0.6) is 0 Å². The van der Waals surface area contributed by atoms with Crippen molar-refractivity contribution in [1.82, 2.24) is 10.4 Å². The molecule has 2 aromatic rings. The largest absolute Gasteiger partial charge is 0.394 e. The van der Waals surface area contributed by atoms with Crippen LogP contribution in [-0.2, 0) is 6.42 Å². The molecule has 0 unspecified atom stereocenters. The van der Waals surface area contributed by atoms with E-state index in [1.165, 1.54) is 12.1 Å². The Morgan fingerprint density at radius 2 is 1.85 bits per heavy atom. The lowest BCUT2D eigenvalue weighted by molar-refractivity contribution is 0.293. The molecule has 0 spiro atoms. The standard InChI is InChI=1S/C15H16FN3O/c16-14-3-1-13(2-4-14)15(19-18-9-10-20)11-12-5-7-17-8-6-12/h1-8,18,20H,9-11H2. The van der Waals surface area contributed by atoms with Gasteiger partial charge < -0.3 is 10.5 Å². The number of aliphatic hydroxyl groups is 1. The number of halogens is 1. The van der Waals surface area contributed by atoms with Crippen molar-refractivity contribution in [2.75, 3.05) is 13.2 Å². The third-order valence-corrected chi connectivity index (χ3v) is 2.74. The molecule has 0 atom stereocenters. The Morgan fingerprint density at radius 3 is 2.50 bits per heavy atom. The van der Waals surface area contributed by atoms with Gasteiger partial charge in [-0.05, 0) is 35.4 Å². The quantitative estimate of drug-likeness (QED) is 0.479. The lowest BCUT2D eigenvalue weighted by atomic mass is 10.0. The van der Waals surface area contributed by atoms with Gasteiger partial charge >= 0.3 is 0 Å². The fraction of sp³-hybridized carbons (Fsp3) is 0.200. The van der Waals surface area contributed by atoms with Crippen LogP contribution in [0.1, 0.15) is 11.1 Å². The van der Waals surface area contributed by atoms with Gasteiger partial charge in [-0.1, -0.05) is 12.1 Å². The first-order valence-electron chi connectivity index (χ1n) is 6.34. The molecular weight excluding hydrogens is 257 g/mol. The summed E-state index contributed by atoms with van der Waals surface area (Å²) in [5, 5.41) is 13.1. The first kappa shape index (κ1) is 14.1. The number of rotatable bonds is 6. The van der Waals surface area contributed by atoms with E-state index >= 15 is 0 Å². The number of aliphatic hydroxyl groups excluding tert-OH is 1. The Hall–Kier alpha value is -2.27. The monoisotopic (exact) mass is 273 g/mol. The summed E-state index contributed by atoms with van der Waals surface area (Å²) in [6.07, 6.45) is 4.05. The maximum atomic E-state index is 13.0. The highest BCUT2D eigenvalue weighted by atomic mass is 19.1. The molecule has 0 aliphatic carbocycles. The van der Waals surface area contributed by atoms with E-state index in [0.29, 0.717) is 13.0 Å². The topological polar surface area (TPSA) is 57.5 Å². The van der Waals surface area contributed by atoms with E-state index in [1.54, 1.807) is 24.5 Å². The van der Waals surface area contributed by atoms with Crippen LogP contribution < -0.4 is 5.43 Å². The average molecular weight is 273 g/mol. The molecule has 0 amide bonds. The fourth-order valence-electron chi connectivity index (χ4n) is 1.74. The van der Waals surface area contributed by atoms with Gasteiger partial charge in [-0.3, -0.25) is 4.98 Å². The van der Waals surface area contributed by atoms with Gasteiger partial charge in [-0.25, -0.2) is 4.39 Å². The molecule has 1 aromatic carbocycles. The van der Waals surface area contributed by atoms with E-state index in [-0.39, 0.29) is 12.4 Å². The molecule has 0 bridgehead atoms. The van der Waals surface area contributed by atoms with E-state index in [4.69, 9.17) is 5.11 Å². The van der Waals surface area contributed by atoms with Crippen molar-refractivity contribution in [3.8, 4) is 0 Å². The number of hydrogen-bond donors (Lipinski definition) is 2. The molecular formula is C15H16FN3O. The number of pyridine rings is 1. The second-order valence-corrected chi connectivity index (χ2v) is 4.23. The van der Waals surface area contributed by atoms with E-state index in [2.05, 4.69) is 15.5 Å². The predicted octanol–water partition coefficient (Wildman–Crippen LogP) is 1.75. The van der Waals surface area contributed by atoms with E-state index in [1.807, 2.05) is 12.1 Å². The Balaban J connectivity index is 2.20. The zero-order chi connectivity index (χ0) is 14.2. The minimum Gasteiger partial charge on any atom is -0.394 e. The summed E-state index contributed by atoms with van der Waals surface area (Å²) in [6, 6.07) is 10.0. The van der Waals surface area contributed by atoms with E-state index in [9.17, 15) is 4.39 Å². The molecule has 104 valence electrons. The predicted molar refractivity (Wildman–Crippen MR) is 76.0 cm³/mol. The van der Waals surface area contributed by atoms with Gasteiger partial charge in [-0.15, -0.1) is 0 Å². The normalized spacial score (nSPS) is 11.4. The van der Waals surface area contributed by atoms with Gasteiger partial charge in [-0.2, -0.15) is 5.10 Å². The number of nitrogens with one attached hydrogen (secondary N) is 1. The number of benzene rings is 1. The zero-order valence-corrected chi connectivity index (χ0v) is 11.0. The fourth-order valence-corrected chi connectivity index (χ4v) is 1.74. The van der Waals surface area contributed by atoms with Crippen LogP contribution in [-0.4, -0.2) is 29.0 Å². The van der Waals surface area contributed by atoms with Crippen molar-refractivity contribution < 1.29 is 9.50 Å². The summed E-state index contributed by atoms with van der Waals surface area (Å²) in [6.45, 7) is 0.385. The highest BCUT2D eigenvalue weighted by Gasteiger charge is 2.06. The molecule has 2 N–H and O–H groups in total. The number of hydrogen-bond acceptors (Lipinski definition) is 4.